The number of ether oxygens (including phenoxy) is 2. The lowest BCUT2D eigenvalue weighted by Crippen LogP contribution is -2.54. The number of imidazole rings is 1. The molecular formula is C53H55F3N10O7. The molecule has 11 rings (SSSR count). The van der Waals surface area contributed by atoms with Gasteiger partial charge < -0.3 is 18.9 Å². The van der Waals surface area contributed by atoms with Crippen molar-refractivity contribution in [2.45, 2.75) is 69.4 Å². The van der Waals surface area contributed by atoms with E-state index in [1.807, 2.05) is 35.9 Å². The van der Waals surface area contributed by atoms with E-state index in [0.717, 1.165) is 64.3 Å². The monoisotopic (exact) mass is 1000 g/mol. The molecule has 0 saturated carbocycles. The summed E-state index contributed by atoms with van der Waals surface area (Å²) in [5.74, 6) is -0.976. The van der Waals surface area contributed by atoms with Crippen LogP contribution in [-0.4, -0.2) is 127 Å². The number of nitrogens with zero attached hydrogens (tertiary/aromatic N) is 9. The number of carbonyl (C=O) groups is 4. The highest BCUT2D eigenvalue weighted by molar-refractivity contribution is 6.25. The molecular weight excluding hydrogens is 946 g/mol. The topological polar surface area (TPSA) is 169 Å². The minimum Gasteiger partial charge on any atom is -0.379 e. The van der Waals surface area contributed by atoms with E-state index in [1.54, 1.807) is 24.5 Å². The van der Waals surface area contributed by atoms with Crippen LogP contribution in [0.3, 0.4) is 0 Å². The first-order chi connectivity index (χ1) is 35.2. The Bertz CT molecular complexity index is 3160. The normalized spacial score (nSPS) is 20.0. The number of pyridine rings is 1. The van der Waals surface area contributed by atoms with Gasteiger partial charge in [0.2, 0.25) is 11.8 Å². The molecule has 1 unspecified atom stereocenters. The van der Waals surface area contributed by atoms with E-state index in [2.05, 4.69) is 54.5 Å². The third-order valence-corrected chi connectivity index (χ3v) is 15.2. The van der Waals surface area contributed by atoms with E-state index in [1.165, 1.54) is 23.0 Å². The third-order valence-electron chi connectivity index (χ3n) is 15.2. The minimum absolute atomic E-state index is 0.0648. The number of fused-ring (bicyclic) bond motifs is 2. The first kappa shape index (κ1) is 48.3. The van der Waals surface area contributed by atoms with Gasteiger partial charge in [-0.1, -0.05) is 42.5 Å². The lowest BCUT2D eigenvalue weighted by molar-refractivity contribution is -0.137. The molecule has 1 N–H and O–H groups in total. The molecule has 0 radical (unpaired) electrons. The first-order valence-electron chi connectivity index (χ1n) is 24.8. The van der Waals surface area contributed by atoms with Crippen LogP contribution in [-0.2, 0) is 63.8 Å². The number of hydrogen-bond donors (Lipinski definition) is 1. The van der Waals surface area contributed by atoms with E-state index in [9.17, 15) is 37.1 Å². The molecule has 17 nitrogen and oxygen atoms in total. The fraction of sp³-hybridized carbons (Fsp3) is 0.415. The van der Waals surface area contributed by atoms with Gasteiger partial charge in [-0.05, 0) is 90.9 Å². The highest BCUT2D eigenvalue weighted by Gasteiger charge is 2.47. The molecule has 4 saturated heterocycles. The van der Waals surface area contributed by atoms with Crippen LogP contribution < -0.4 is 15.9 Å². The number of anilines is 1. The van der Waals surface area contributed by atoms with Crippen molar-refractivity contribution in [1.29, 1.82) is 0 Å². The second kappa shape index (κ2) is 19.4. The maximum atomic E-state index is 14.7. The number of aromatic nitrogens is 5. The number of nitrogens with one attached hydrogen (secondary N) is 1. The third kappa shape index (κ3) is 9.48. The summed E-state index contributed by atoms with van der Waals surface area (Å²) < 4.78 is 60.1. The molecule has 8 heterocycles. The zero-order chi connectivity index (χ0) is 50.6. The molecule has 3 aromatic heterocycles. The number of halogens is 3. The molecule has 380 valence electrons. The van der Waals surface area contributed by atoms with Gasteiger partial charge in [0.05, 0.1) is 53.4 Å². The maximum absolute atomic E-state index is 14.7. The van der Waals surface area contributed by atoms with Gasteiger partial charge in [0, 0.05) is 83.6 Å². The van der Waals surface area contributed by atoms with Gasteiger partial charge in [-0.2, -0.15) is 13.2 Å². The summed E-state index contributed by atoms with van der Waals surface area (Å²) in [5.41, 5.74) is 3.20. The van der Waals surface area contributed by atoms with Crippen LogP contribution in [0.4, 0.5) is 18.9 Å². The molecule has 5 aliphatic rings. The second-order valence-electron chi connectivity index (χ2n) is 20.1. The molecule has 0 bridgehead atoms. The SMILES string of the molecule is Cn1cnnc1CC1(c2cccc(-n3cc4c(C(F)(F)F)cc(CN5CCC(COCc6ccc(CN7CCN(c8cccc9c8C(=O)N(C8CCC(=O)NC8=O)C9=O)CC7)cc6)CC5)cn4c3=O)c2)COC1. The zero-order valence-corrected chi connectivity index (χ0v) is 40.4. The lowest BCUT2D eigenvalue weighted by atomic mass is 9.75. The van der Waals surface area contributed by atoms with Crippen molar-refractivity contribution in [2.24, 2.45) is 13.0 Å². The van der Waals surface area contributed by atoms with Crippen LogP contribution in [0.15, 0.2) is 96.3 Å². The molecule has 6 aromatic rings. The average molecular weight is 1000 g/mol. The van der Waals surface area contributed by atoms with Crippen molar-refractivity contribution in [1.82, 2.24) is 43.7 Å². The van der Waals surface area contributed by atoms with Gasteiger partial charge in [0.15, 0.2) is 0 Å². The van der Waals surface area contributed by atoms with Crippen molar-refractivity contribution >= 4 is 34.8 Å². The van der Waals surface area contributed by atoms with E-state index in [4.69, 9.17) is 9.47 Å². The van der Waals surface area contributed by atoms with Gasteiger partial charge in [-0.25, -0.2) is 4.79 Å². The number of piperidine rings is 2. The van der Waals surface area contributed by atoms with Gasteiger partial charge >= 0.3 is 11.9 Å². The fourth-order valence-electron chi connectivity index (χ4n) is 11.0. The number of imide groups is 2. The summed E-state index contributed by atoms with van der Waals surface area (Å²) in [7, 11) is 1.87. The Morgan fingerprint density at radius 1 is 0.808 bits per heavy atom. The Morgan fingerprint density at radius 3 is 2.23 bits per heavy atom. The quantitative estimate of drug-likeness (QED) is 0.147. The molecule has 5 aliphatic heterocycles. The number of carbonyl (C=O) groups excluding carboxylic acids is 4. The molecule has 4 amide bonds. The summed E-state index contributed by atoms with van der Waals surface area (Å²) in [6.07, 6.45) is 2.16. The standard InChI is InChI=1S/C53H55F3N10O7/c1-60-33-57-59-45(60)24-52(31-73-32-52)38-4-2-5-39(23-38)64-28-44-41(53(54,55)56)22-37(27-65(44)51(64)71)26-61-16-14-36(15-17-61)30-72-29-35-10-8-34(9-11-35)25-62-18-20-63(21-19-62)42-7-3-6-40-47(42)50(70)66(49(40)69)43-12-13-46(67)58-48(43)68/h2-11,22-23,27-28,33,36,43H,12-21,24-26,29-32H2,1H3,(H,58,67,68). The Hall–Kier alpha value is -7.00. The van der Waals surface area contributed by atoms with E-state index >= 15 is 0 Å². The number of hydrogen-bond acceptors (Lipinski definition) is 12. The molecule has 0 spiro atoms. The van der Waals surface area contributed by atoms with E-state index in [0.29, 0.717) is 87.4 Å². The van der Waals surface area contributed by atoms with Gasteiger partial charge in [-0.3, -0.25) is 48.2 Å². The second-order valence-corrected chi connectivity index (χ2v) is 20.1. The van der Waals surface area contributed by atoms with Gasteiger partial charge in [0.1, 0.15) is 18.2 Å². The van der Waals surface area contributed by atoms with Crippen LogP contribution in [0.1, 0.15) is 80.0 Å². The molecule has 4 fully saturated rings. The highest BCUT2D eigenvalue weighted by atomic mass is 19.4. The Kier molecular flexibility index (Phi) is 12.9. The number of aryl methyl sites for hydroxylation is 1. The average Bonchev–Trinajstić information content (AvgIpc) is 4.02. The number of rotatable bonds is 14. The predicted octanol–water partition coefficient (Wildman–Crippen LogP) is 4.90. The first-order valence-corrected chi connectivity index (χ1v) is 24.8. The summed E-state index contributed by atoms with van der Waals surface area (Å²) in [4.78, 5) is 72.8. The van der Waals surface area contributed by atoms with Crippen LogP contribution in [0.5, 0.6) is 0 Å². The summed E-state index contributed by atoms with van der Waals surface area (Å²) in [6.45, 7) is 7.08. The highest BCUT2D eigenvalue weighted by Crippen LogP contribution is 2.38. The molecule has 20 heteroatoms. The summed E-state index contributed by atoms with van der Waals surface area (Å²) >= 11 is 0. The largest absolute Gasteiger partial charge is 0.418 e. The number of alkyl halides is 3. The van der Waals surface area contributed by atoms with Crippen molar-refractivity contribution in [3.63, 3.8) is 0 Å². The predicted molar refractivity (Wildman–Crippen MR) is 260 cm³/mol. The Balaban J connectivity index is 0.655. The molecule has 1 atom stereocenters. The van der Waals surface area contributed by atoms with Crippen molar-refractivity contribution in [3.8, 4) is 5.69 Å². The molecule has 3 aromatic carbocycles. The van der Waals surface area contributed by atoms with Crippen LogP contribution in [0.25, 0.3) is 11.2 Å². The number of benzene rings is 3. The van der Waals surface area contributed by atoms with Crippen molar-refractivity contribution in [3.05, 3.63) is 147 Å². The number of piperazine rings is 1. The minimum atomic E-state index is -4.68. The van der Waals surface area contributed by atoms with E-state index < -0.39 is 52.5 Å². The van der Waals surface area contributed by atoms with Crippen LogP contribution >= 0.6 is 0 Å². The molecule has 0 aliphatic carbocycles. The lowest BCUT2D eigenvalue weighted by Gasteiger charge is -2.41. The van der Waals surface area contributed by atoms with Crippen LogP contribution in [0.2, 0.25) is 0 Å². The Labute approximate surface area is 418 Å². The number of amides is 4. The molecule has 73 heavy (non-hydrogen) atoms. The summed E-state index contributed by atoms with van der Waals surface area (Å²) in [6, 6.07) is 21.1. The van der Waals surface area contributed by atoms with E-state index in [-0.39, 0.29) is 30.5 Å². The smallest absolute Gasteiger partial charge is 0.379 e. The fourth-order valence-corrected chi connectivity index (χ4v) is 11.0. The maximum Gasteiger partial charge on any atom is 0.418 e. The van der Waals surface area contributed by atoms with Crippen molar-refractivity contribution < 1.29 is 41.8 Å². The zero-order valence-electron chi connectivity index (χ0n) is 40.4. The van der Waals surface area contributed by atoms with Gasteiger partial charge in [0.25, 0.3) is 11.8 Å². The summed E-state index contributed by atoms with van der Waals surface area (Å²) in [5, 5.41) is 10.5. The Morgan fingerprint density at radius 2 is 1.53 bits per heavy atom. The van der Waals surface area contributed by atoms with Gasteiger partial charge in [-0.15, -0.1) is 10.2 Å². The van der Waals surface area contributed by atoms with Crippen LogP contribution in [0, 0.1) is 5.92 Å². The van der Waals surface area contributed by atoms with Crippen molar-refractivity contribution in [2.75, 3.05) is 64.0 Å². The number of likely N-dealkylation sites (tertiary alicyclic amines) is 1.